The van der Waals surface area contributed by atoms with E-state index in [1.54, 1.807) is 6.07 Å². The first-order valence-corrected chi connectivity index (χ1v) is 8.05. The number of esters is 1. The quantitative estimate of drug-likeness (QED) is 0.813. The van der Waals surface area contributed by atoms with Crippen molar-refractivity contribution in [3.8, 4) is 6.07 Å². The van der Waals surface area contributed by atoms with Gasteiger partial charge in [-0.3, -0.25) is 9.69 Å². The predicted molar refractivity (Wildman–Crippen MR) is 91.1 cm³/mol. The molecule has 0 amide bonds. The van der Waals surface area contributed by atoms with Crippen LogP contribution in [0.5, 0.6) is 0 Å². The number of methoxy groups -OCH3 is 1. The third-order valence-corrected chi connectivity index (χ3v) is 4.59. The number of ether oxygens (including phenoxy) is 1. The third kappa shape index (κ3) is 3.47. The van der Waals surface area contributed by atoms with Crippen LogP contribution < -0.4 is 0 Å². The zero-order chi connectivity index (χ0) is 16.9. The Morgan fingerprint density at radius 1 is 1.21 bits per heavy atom. The van der Waals surface area contributed by atoms with Gasteiger partial charge in [0.2, 0.25) is 0 Å². The van der Waals surface area contributed by atoms with Crippen LogP contribution >= 0.6 is 0 Å². The van der Waals surface area contributed by atoms with Gasteiger partial charge in [-0.05, 0) is 23.3 Å². The van der Waals surface area contributed by atoms with E-state index in [0.717, 1.165) is 18.7 Å². The molecule has 1 aliphatic rings. The number of rotatable bonds is 4. The molecule has 0 bridgehead atoms. The van der Waals surface area contributed by atoms with Crippen LogP contribution in [0.15, 0.2) is 54.6 Å². The zero-order valence-corrected chi connectivity index (χ0v) is 13.7. The number of carbonyl (C=O) groups excluding carboxylic acids is 1. The summed E-state index contributed by atoms with van der Waals surface area (Å²) < 4.78 is 5.01. The molecule has 3 rings (SSSR count). The fourth-order valence-corrected chi connectivity index (χ4v) is 3.42. The Kier molecular flexibility index (Phi) is 4.93. The van der Waals surface area contributed by atoms with Gasteiger partial charge in [0.1, 0.15) is 0 Å². The van der Waals surface area contributed by atoms with Gasteiger partial charge in [0.15, 0.2) is 0 Å². The molecule has 2 atom stereocenters. The van der Waals surface area contributed by atoms with Crippen LogP contribution in [0, 0.1) is 17.2 Å². The van der Waals surface area contributed by atoms with Gasteiger partial charge in [-0.1, -0.05) is 42.5 Å². The molecule has 1 fully saturated rings. The summed E-state index contributed by atoms with van der Waals surface area (Å²) in [6.07, 6.45) is 0. The Bertz CT molecular complexity index is 752. The first-order chi connectivity index (χ1) is 11.7. The zero-order valence-electron chi connectivity index (χ0n) is 13.7. The van der Waals surface area contributed by atoms with Gasteiger partial charge in [-0.2, -0.15) is 5.26 Å². The van der Waals surface area contributed by atoms with Crippen molar-refractivity contribution in [1.82, 2.24) is 4.90 Å². The molecule has 2 aromatic rings. The second-order valence-electron chi connectivity index (χ2n) is 6.15. The van der Waals surface area contributed by atoms with E-state index >= 15 is 0 Å². The van der Waals surface area contributed by atoms with Gasteiger partial charge < -0.3 is 4.74 Å². The molecular formula is C20H20N2O2. The van der Waals surface area contributed by atoms with Gasteiger partial charge in [0.25, 0.3) is 0 Å². The fourth-order valence-electron chi connectivity index (χ4n) is 3.42. The van der Waals surface area contributed by atoms with Crippen LogP contribution in [0.1, 0.15) is 22.6 Å². The minimum absolute atomic E-state index is 0.0504. The maximum absolute atomic E-state index is 12.2. The lowest BCUT2D eigenvalue weighted by molar-refractivity contribution is -0.145. The summed E-state index contributed by atoms with van der Waals surface area (Å²) >= 11 is 0. The molecule has 0 aliphatic carbocycles. The molecule has 0 saturated carbocycles. The van der Waals surface area contributed by atoms with E-state index in [4.69, 9.17) is 10.00 Å². The van der Waals surface area contributed by atoms with Crippen LogP contribution in [-0.2, 0) is 16.1 Å². The molecule has 122 valence electrons. The monoisotopic (exact) mass is 320 g/mol. The molecular weight excluding hydrogens is 300 g/mol. The maximum Gasteiger partial charge on any atom is 0.310 e. The highest BCUT2D eigenvalue weighted by Crippen LogP contribution is 2.34. The lowest BCUT2D eigenvalue weighted by Crippen LogP contribution is -2.24. The molecule has 1 saturated heterocycles. The van der Waals surface area contributed by atoms with E-state index < -0.39 is 0 Å². The molecule has 0 unspecified atom stereocenters. The molecule has 1 aliphatic heterocycles. The SMILES string of the molecule is COC(=O)[C@H]1CN(Cc2ccccc2)C[C@@H]1c1cccc(C#N)c1. The van der Waals surface area contributed by atoms with Crippen LogP contribution in [-0.4, -0.2) is 31.1 Å². The molecule has 0 spiro atoms. The molecule has 2 aromatic carbocycles. The van der Waals surface area contributed by atoms with Crippen LogP contribution in [0.2, 0.25) is 0 Å². The van der Waals surface area contributed by atoms with E-state index in [-0.39, 0.29) is 17.8 Å². The van der Waals surface area contributed by atoms with Gasteiger partial charge in [-0.25, -0.2) is 0 Å². The average molecular weight is 320 g/mol. The summed E-state index contributed by atoms with van der Waals surface area (Å²) in [5.74, 6) is -0.333. The Morgan fingerprint density at radius 3 is 2.71 bits per heavy atom. The molecule has 4 heteroatoms. The minimum Gasteiger partial charge on any atom is -0.469 e. The standard InChI is InChI=1S/C20H20N2O2/c1-24-20(23)19-14-22(12-15-6-3-2-4-7-15)13-18(19)17-9-5-8-16(10-17)11-21/h2-10,18-19H,12-14H2,1H3/t18-,19+/m1/s1. The van der Waals surface area contributed by atoms with Crippen LogP contribution in [0.25, 0.3) is 0 Å². The van der Waals surface area contributed by atoms with Crippen molar-refractivity contribution in [3.05, 3.63) is 71.3 Å². The van der Waals surface area contributed by atoms with Crippen LogP contribution in [0.3, 0.4) is 0 Å². The fraction of sp³-hybridized carbons (Fsp3) is 0.300. The lowest BCUT2D eigenvalue weighted by Gasteiger charge is -2.17. The normalized spacial score (nSPS) is 20.5. The molecule has 4 nitrogen and oxygen atoms in total. The largest absolute Gasteiger partial charge is 0.469 e. The van der Waals surface area contributed by atoms with E-state index in [9.17, 15) is 4.79 Å². The van der Waals surface area contributed by atoms with Crippen molar-refractivity contribution >= 4 is 5.97 Å². The molecule has 1 heterocycles. The van der Waals surface area contributed by atoms with Gasteiger partial charge in [-0.15, -0.1) is 0 Å². The highest BCUT2D eigenvalue weighted by atomic mass is 16.5. The van der Waals surface area contributed by atoms with Crippen LogP contribution in [0.4, 0.5) is 0 Å². The molecule has 0 radical (unpaired) electrons. The average Bonchev–Trinajstić information content (AvgIpc) is 3.05. The van der Waals surface area contributed by atoms with Gasteiger partial charge in [0, 0.05) is 25.6 Å². The first kappa shape index (κ1) is 16.2. The molecule has 0 N–H and O–H groups in total. The number of carbonyl (C=O) groups is 1. The summed E-state index contributed by atoms with van der Waals surface area (Å²) in [6.45, 7) is 2.26. The Balaban J connectivity index is 1.83. The number of hydrogen-bond acceptors (Lipinski definition) is 4. The van der Waals surface area contributed by atoms with Crippen molar-refractivity contribution in [2.45, 2.75) is 12.5 Å². The highest BCUT2D eigenvalue weighted by Gasteiger charge is 2.39. The Morgan fingerprint density at radius 2 is 2.00 bits per heavy atom. The summed E-state index contributed by atoms with van der Waals surface area (Å²) in [6, 6.07) is 19.9. The minimum atomic E-state index is -0.201. The van der Waals surface area contributed by atoms with Gasteiger partial charge >= 0.3 is 5.97 Å². The molecule has 24 heavy (non-hydrogen) atoms. The van der Waals surface area contributed by atoms with E-state index in [1.807, 2.05) is 36.4 Å². The Hall–Kier alpha value is -2.64. The Labute approximate surface area is 142 Å². The molecule has 0 aromatic heterocycles. The second-order valence-corrected chi connectivity index (χ2v) is 6.15. The van der Waals surface area contributed by atoms with Crippen molar-refractivity contribution < 1.29 is 9.53 Å². The number of benzene rings is 2. The second kappa shape index (κ2) is 7.29. The highest BCUT2D eigenvalue weighted by molar-refractivity contribution is 5.74. The number of hydrogen-bond donors (Lipinski definition) is 0. The summed E-state index contributed by atoms with van der Waals surface area (Å²) in [4.78, 5) is 14.5. The number of likely N-dealkylation sites (tertiary alicyclic amines) is 1. The van der Waals surface area contributed by atoms with Gasteiger partial charge in [0.05, 0.1) is 24.7 Å². The number of nitriles is 1. The summed E-state index contributed by atoms with van der Waals surface area (Å²) in [5.41, 5.74) is 2.88. The van der Waals surface area contributed by atoms with Crippen molar-refractivity contribution in [3.63, 3.8) is 0 Å². The maximum atomic E-state index is 12.2. The van der Waals surface area contributed by atoms with Crippen molar-refractivity contribution in [2.24, 2.45) is 5.92 Å². The topological polar surface area (TPSA) is 53.3 Å². The first-order valence-electron chi connectivity index (χ1n) is 8.05. The van der Waals surface area contributed by atoms with E-state index in [2.05, 4.69) is 23.1 Å². The summed E-state index contributed by atoms with van der Waals surface area (Å²) in [5, 5.41) is 9.12. The van der Waals surface area contributed by atoms with Crippen molar-refractivity contribution in [2.75, 3.05) is 20.2 Å². The summed E-state index contributed by atoms with van der Waals surface area (Å²) in [7, 11) is 1.44. The predicted octanol–water partition coefficient (Wildman–Crippen LogP) is 2.95. The van der Waals surface area contributed by atoms with E-state index in [0.29, 0.717) is 12.1 Å². The third-order valence-electron chi connectivity index (χ3n) is 4.59. The number of nitrogens with zero attached hydrogens (tertiary/aromatic N) is 2. The van der Waals surface area contributed by atoms with Crippen molar-refractivity contribution in [1.29, 1.82) is 5.26 Å². The van der Waals surface area contributed by atoms with E-state index in [1.165, 1.54) is 12.7 Å². The lowest BCUT2D eigenvalue weighted by atomic mass is 9.88. The smallest absolute Gasteiger partial charge is 0.310 e.